The zero-order chi connectivity index (χ0) is 13.9. The molecule has 0 aromatic rings. The lowest BCUT2D eigenvalue weighted by atomic mass is 10.0. The van der Waals surface area contributed by atoms with Gasteiger partial charge in [0.25, 0.3) is 0 Å². The second-order valence-electron chi connectivity index (χ2n) is 5.25. The number of terminal acetylenes is 1. The molecule has 1 saturated heterocycles. The Kier molecular flexibility index (Phi) is 4.31. The van der Waals surface area contributed by atoms with Crippen LogP contribution in [0.2, 0.25) is 0 Å². The van der Waals surface area contributed by atoms with Crippen molar-refractivity contribution >= 4 is 15.7 Å². The van der Waals surface area contributed by atoms with Crippen molar-refractivity contribution < 1.29 is 13.2 Å². The van der Waals surface area contributed by atoms with E-state index in [-0.39, 0.29) is 35.9 Å². The molecular weight excluding hydrogens is 262 g/mol. The summed E-state index contributed by atoms with van der Waals surface area (Å²) in [6.45, 7) is 0.204. The smallest absolute Gasteiger partial charge is 0.224 e. The lowest BCUT2D eigenvalue weighted by molar-refractivity contribution is -0.133. The highest BCUT2D eigenvalue weighted by molar-refractivity contribution is 7.91. The van der Waals surface area contributed by atoms with E-state index in [1.54, 1.807) is 4.90 Å². The van der Waals surface area contributed by atoms with Crippen LogP contribution in [-0.2, 0) is 14.6 Å². The van der Waals surface area contributed by atoms with E-state index in [0.717, 1.165) is 12.8 Å². The van der Waals surface area contributed by atoms with Crippen LogP contribution in [0.3, 0.4) is 0 Å². The summed E-state index contributed by atoms with van der Waals surface area (Å²) in [5.41, 5.74) is 0. The Labute approximate surface area is 114 Å². The van der Waals surface area contributed by atoms with Crippen LogP contribution in [0.5, 0.6) is 0 Å². The first kappa shape index (κ1) is 14.1. The average Bonchev–Trinajstić information content (AvgIpc) is 2.95. The van der Waals surface area contributed by atoms with Crippen molar-refractivity contribution in [2.45, 2.75) is 31.7 Å². The predicted molar refractivity (Wildman–Crippen MR) is 74.1 cm³/mol. The Morgan fingerprint density at radius 3 is 2.74 bits per heavy atom. The molecule has 1 aliphatic heterocycles. The zero-order valence-corrected chi connectivity index (χ0v) is 11.7. The fourth-order valence-corrected chi connectivity index (χ4v) is 4.48. The number of hydrogen-bond acceptors (Lipinski definition) is 3. The van der Waals surface area contributed by atoms with Gasteiger partial charge in [0, 0.05) is 12.5 Å². The number of hydrogen-bond donors (Lipinski definition) is 0. The van der Waals surface area contributed by atoms with E-state index < -0.39 is 9.84 Å². The van der Waals surface area contributed by atoms with Crippen LogP contribution in [0.25, 0.3) is 0 Å². The maximum atomic E-state index is 12.3. The molecule has 1 fully saturated rings. The van der Waals surface area contributed by atoms with Crippen LogP contribution in [0.4, 0.5) is 0 Å². The Morgan fingerprint density at radius 1 is 1.42 bits per heavy atom. The minimum Gasteiger partial charge on any atom is -0.328 e. The van der Waals surface area contributed by atoms with Gasteiger partial charge in [-0.1, -0.05) is 18.1 Å². The van der Waals surface area contributed by atoms with E-state index in [1.807, 2.05) is 0 Å². The maximum Gasteiger partial charge on any atom is 0.224 e. The summed E-state index contributed by atoms with van der Waals surface area (Å²) in [5.74, 6) is 2.95. The molecule has 0 spiro atoms. The van der Waals surface area contributed by atoms with Crippen molar-refractivity contribution in [2.75, 3.05) is 18.1 Å². The van der Waals surface area contributed by atoms with Gasteiger partial charge in [0.2, 0.25) is 5.91 Å². The number of allylic oxidation sites excluding steroid dienone is 2. The standard InChI is InChI=1S/C14H19NO3S/c1-2-8-15(13-7-9-19(17,18)11-13)14(16)10-12-5-3-4-6-12/h1,3,5,12-13H,4,6-11H2/t12-,13-/m0/s1. The molecule has 0 bridgehead atoms. The summed E-state index contributed by atoms with van der Waals surface area (Å²) in [4.78, 5) is 13.9. The molecule has 2 atom stereocenters. The van der Waals surface area contributed by atoms with Gasteiger partial charge in [-0.05, 0) is 25.2 Å². The topological polar surface area (TPSA) is 54.5 Å². The Bertz CT molecular complexity index is 515. The van der Waals surface area contributed by atoms with Crippen LogP contribution in [0.1, 0.15) is 25.7 Å². The fourth-order valence-electron chi connectivity index (χ4n) is 2.75. The highest BCUT2D eigenvalue weighted by atomic mass is 32.2. The third kappa shape index (κ3) is 3.60. The quantitative estimate of drug-likeness (QED) is 0.570. The van der Waals surface area contributed by atoms with Crippen LogP contribution in [-0.4, -0.2) is 43.3 Å². The zero-order valence-electron chi connectivity index (χ0n) is 10.9. The van der Waals surface area contributed by atoms with E-state index in [1.165, 1.54) is 0 Å². The monoisotopic (exact) mass is 281 g/mol. The van der Waals surface area contributed by atoms with Crippen LogP contribution >= 0.6 is 0 Å². The number of carbonyl (C=O) groups excluding carboxylic acids is 1. The summed E-state index contributed by atoms with van der Waals surface area (Å²) >= 11 is 0. The van der Waals surface area contributed by atoms with Crippen LogP contribution in [0.15, 0.2) is 12.2 Å². The van der Waals surface area contributed by atoms with Gasteiger partial charge >= 0.3 is 0 Å². The molecule has 1 heterocycles. The van der Waals surface area contributed by atoms with Gasteiger partial charge in [0.05, 0.1) is 18.1 Å². The molecule has 1 aliphatic carbocycles. The number of amides is 1. The van der Waals surface area contributed by atoms with Crippen molar-refractivity contribution in [2.24, 2.45) is 5.92 Å². The van der Waals surface area contributed by atoms with Gasteiger partial charge in [0.1, 0.15) is 0 Å². The van der Waals surface area contributed by atoms with Gasteiger partial charge in [0.15, 0.2) is 9.84 Å². The number of sulfone groups is 1. The molecule has 104 valence electrons. The van der Waals surface area contributed by atoms with E-state index in [4.69, 9.17) is 6.42 Å². The van der Waals surface area contributed by atoms with Gasteiger partial charge < -0.3 is 4.90 Å². The molecular formula is C14H19NO3S. The lowest BCUT2D eigenvalue weighted by Gasteiger charge is -2.27. The summed E-state index contributed by atoms with van der Waals surface area (Å²) in [5, 5.41) is 0. The van der Waals surface area contributed by atoms with Gasteiger partial charge in [-0.3, -0.25) is 4.79 Å². The summed E-state index contributed by atoms with van der Waals surface area (Å²) in [6.07, 6.45) is 12.4. The Balaban J connectivity index is 2.01. The third-order valence-electron chi connectivity index (χ3n) is 3.78. The van der Waals surface area contributed by atoms with Crippen molar-refractivity contribution in [3.8, 4) is 12.3 Å². The lowest BCUT2D eigenvalue weighted by Crippen LogP contribution is -2.41. The molecule has 0 radical (unpaired) electrons. The molecule has 0 saturated carbocycles. The molecule has 2 aliphatic rings. The van der Waals surface area contributed by atoms with Crippen LogP contribution in [0, 0.1) is 18.3 Å². The molecule has 5 heteroatoms. The molecule has 0 unspecified atom stereocenters. The first-order valence-corrected chi connectivity index (χ1v) is 8.44. The van der Waals surface area contributed by atoms with E-state index in [2.05, 4.69) is 18.1 Å². The molecule has 4 nitrogen and oxygen atoms in total. The molecule has 1 amide bonds. The molecule has 0 N–H and O–H groups in total. The Morgan fingerprint density at radius 2 is 2.21 bits per heavy atom. The second-order valence-corrected chi connectivity index (χ2v) is 7.48. The van der Waals surface area contributed by atoms with Crippen molar-refractivity contribution in [3.63, 3.8) is 0 Å². The van der Waals surface area contributed by atoms with Crippen LogP contribution < -0.4 is 0 Å². The average molecular weight is 281 g/mol. The molecule has 19 heavy (non-hydrogen) atoms. The fraction of sp³-hybridized carbons (Fsp3) is 0.643. The highest BCUT2D eigenvalue weighted by Crippen LogP contribution is 2.24. The van der Waals surface area contributed by atoms with E-state index in [9.17, 15) is 13.2 Å². The molecule has 0 aromatic carbocycles. The van der Waals surface area contributed by atoms with Crippen molar-refractivity contribution in [1.82, 2.24) is 4.90 Å². The number of nitrogens with zero attached hydrogens (tertiary/aromatic N) is 1. The summed E-state index contributed by atoms with van der Waals surface area (Å²) in [6, 6.07) is -0.237. The predicted octanol–water partition coefficient (Wildman–Crippen LogP) is 0.992. The first-order chi connectivity index (χ1) is 9.02. The number of carbonyl (C=O) groups is 1. The van der Waals surface area contributed by atoms with Gasteiger partial charge in [-0.25, -0.2) is 8.42 Å². The summed E-state index contributed by atoms with van der Waals surface area (Å²) < 4.78 is 23.0. The third-order valence-corrected chi connectivity index (χ3v) is 5.53. The normalized spacial score (nSPS) is 28.2. The Hall–Kier alpha value is -1.28. The van der Waals surface area contributed by atoms with E-state index in [0.29, 0.717) is 12.8 Å². The second kappa shape index (κ2) is 5.79. The summed E-state index contributed by atoms with van der Waals surface area (Å²) in [7, 11) is -3.00. The maximum absolute atomic E-state index is 12.3. The van der Waals surface area contributed by atoms with Crippen molar-refractivity contribution in [3.05, 3.63) is 12.2 Å². The van der Waals surface area contributed by atoms with Crippen molar-refractivity contribution in [1.29, 1.82) is 0 Å². The molecule has 0 aromatic heterocycles. The number of rotatable bonds is 4. The minimum atomic E-state index is -3.00. The first-order valence-electron chi connectivity index (χ1n) is 6.62. The highest BCUT2D eigenvalue weighted by Gasteiger charge is 2.34. The molecule has 2 rings (SSSR count). The largest absolute Gasteiger partial charge is 0.328 e. The SMILES string of the molecule is C#CCN(C(=O)C[C@H]1C=CCC1)[C@H]1CCS(=O)(=O)C1. The van der Waals surface area contributed by atoms with Gasteiger partial charge in [-0.15, -0.1) is 6.42 Å². The van der Waals surface area contributed by atoms with Gasteiger partial charge in [-0.2, -0.15) is 0 Å². The minimum absolute atomic E-state index is 0.0170. The van der Waals surface area contributed by atoms with E-state index >= 15 is 0 Å².